The minimum atomic E-state index is -0.173. The van der Waals surface area contributed by atoms with Crippen LogP contribution in [0.4, 0.5) is 0 Å². The van der Waals surface area contributed by atoms with Crippen LogP contribution >= 0.6 is 0 Å². The Morgan fingerprint density at radius 2 is 2.21 bits per heavy atom. The van der Waals surface area contributed by atoms with E-state index < -0.39 is 0 Å². The highest BCUT2D eigenvalue weighted by Crippen LogP contribution is 2.50. The Morgan fingerprint density at radius 1 is 1.33 bits per heavy atom. The van der Waals surface area contributed by atoms with Gasteiger partial charge in [-0.1, -0.05) is 16.7 Å². The van der Waals surface area contributed by atoms with E-state index in [0.717, 1.165) is 44.3 Å². The highest BCUT2D eigenvalue weighted by molar-refractivity contribution is 5.95. The molecular weight excluding hydrogens is 308 g/mol. The van der Waals surface area contributed by atoms with Crippen LogP contribution in [0.5, 0.6) is 0 Å². The van der Waals surface area contributed by atoms with Gasteiger partial charge in [-0.15, -0.1) is 0 Å². The van der Waals surface area contributed by atoms with Crippen LogP contribution in [0, 0.1) is 12.8 Å². The molecule has 1 saturated heterocycles. The Hall–Kier alpha value is -2.18. The lowest BCUT2D eigenvalue weighted by atomic mass is 9.80. The topological polar surface area (TPSA) is 85.3 Å². The van der Waals surface area contributed by atoms with Crippen LogP contribution in [0.1, 0.15) is 65.8 Å². The molecule has 0 spiro atoms. The summed E-state index contributed by atoms with van der Waals surface area (Å²) in [6, 6.07) is 0. The molecular formula is C17H20N4O3. The van der Waals surface area contributed by atoms with Crippen LogP contribution in [0.2, 0.25) is 0 Å². The third-order valence-electron chi connectivity index (χ3n) is 5.90. The first kappa shape index (κ1) is 14.2. The second-order valence-electron chi connectivity index (χ2n) is 7.47. The van der Waals surface area contributed by atoms with Crippen molar-refractivity contribution in [3.8, 4) is 0 Å². The van der Waals surface area contributed by atoms with Crippen molar-refractivity contribution in [2.75, 3.05) is 13.1 Å². The lowest BCUT2D eigenvalue weighted by molar-refractivity contribution is 0.0773. The van der Waals surface area contributed by atoms with Crippen molar-refractivity contribution >= 4 is 5.91 Å². The molecule has 24 heavy (non-hydrogen) atoms. The number of likely N-dealkylation sites (tertiary alicyclic amines) is 1. The molecule has 0 bridgehead atoms. The van der Waals surface area contributed by atoms with Crippen LogP contribution in [0.25, 0.3) is 0 Å². The van der Waals surface area contributed by atoms with Crippen molar-refractivity contribution in [2.24, 2.45) is 5.92 Å². The van der Waals surface area contributed by atoms with E-state index in [0.29, 0.717) is 35.7 Å². The van der Waals surface area contributed by atoms with Gasteiger partial charge in [0.2, 0.25) is 5.89 Å². The average molecular weight is 328 g/mol. The average Bonchev–Trinajstić information content (AvgIpc) is 2.98. The molecule has 2 atom stereocenters. The third-order valence-corrected chi connectivity index (χ3v) is 5.90. The highest BCUT2D eigenvalue weighted by Gasteiger charge is 2.55. The van der Waals surface area contributed by atoms with E-state index in [4.69, 9.17) is 9.05 Å². The molecule has 5 rings (SSSR count). The quantitative estimate of drug-likeness (QED) is 0.860. The molecule has 7 nitrogen and oxygen atoms in total. The summed E-state index contributed by atoms with van der Waals surface area (Å²) in [6.07, 6.45) is 6.95. The summed E-state index contributed by atoms with van der Waals surface area (Å²) in [5, 5.41) is 8.03. The number of carbonyl (C=O) groups excluding carboxylic acids is 1. The van der Waals surface area contributed by atoms with Crippen LogP contribution in [-0.2, 0) is 5.41 Å². The van der Waals surface area contributed by atoms with Gasteiger partial charge in [0.25, 0.3) is 5.91 Å². The minimum Gasteiger partial charge on any atom is -0.364 e. The zero-order valence-corrected chi connectivity index (χ0v) is 13.7. The molecule has 2 saturated carbocycles. The summed E-state index contributed by atoms with van der Waals surface area (Å²) in [5.74, 6) is 2.18. The van der Waals surface area contributed by atoms with Crippen molar-refractivity contribution in [3.63, 3.8) is 0 Å². The molecule has 0 N–H and O–H groups in total. The first-order valence-electron chi connectivity index (χ1n) is 8.72. The largest absolute Gasteiger partial charge is 0.364 e. The summed E-state index contributed by atoms with van der Waals surface area (Å²) in [4.78, 5) is 19.5. The Bertz CT molecular complexity index is 793. The number of hydrogen-bond acceptors (Lipinski definition) is 6. The molecule has 1 aliphatic heterocycles. The first-order valence-corrected chi connectivity index (χ1v) is 8.72. The fourth-order valence-corrected chi connectivity index (χ4v) is 4.52. The summed E-state index contributed by atoms with van der Waals surface area (Å²) >= 11 is 0. The number of aromatic nitrogens is 3. The first-order chi connectivity index (χ1) is 11.7. The fraction of sp³-hybridized carbons (Fsp3) is 0.647. The lowest BCUT2D eigenvalue weighted by Crippen LogP contribution is -2.35. The van der Waals surface area contributed by atoms with Crippen LogP contribution in [0.3, 0.4) is 0 Å². The van der Waals surface area contributed by atoms with E-state index in [2.05, 4.69) is 15.3 Å². The number of rotatable bonds is 3. The van der Waals surface area contributed by atoms with Gasteiger partial charge in [0.15, 0.2) is 5.82 Å². The van der Waals surface area contributed by atoms with Crippen molar-refractivity contribution in [1.82, 2.24) is 20.2 Å². The molecule has 3 heterocycles. The zero-order valence-electron chi connectivity index (χ0n) is 13.7. The second kappa shape index (κ2) is 4.91. The highest BCUT2D eigenvalue weighted by atomic mass is 16.5. The van der Waals surface area contributed by atoms with Gasteiger partial charge < -0.3 is 13.9 Å². The van der Waals surface area contributed by atoms with Gasteiger partial charge in [-0.3, -0.25) is 4.79 Å². The smallest absolute Gasteiger partial charge is 0.259 e. The molecule has 1 amide bonds. The number of amides is 1. The zero-order chi connectivity index (χ0) is 16.3. The maximum Gasteiger partial charge on any atom is 0.259 e. The van der Waals surface area contributed by atoms with Crippen LogP contribution < -0.4 is 0 Å². The van der Waals surface area contributed by atoms with Gasteiger partial charge in [0.1, 0.15) is 11.8 Å². The van der Waals surface area contributed by atoms with Crippen LogP contribution in [0.15, 0.2) is 15.3 Å². The molecule has 7 heteroatoms. The third kappa shape index (κ3) is 1.96. The van der Waals surface area contributed by atoms with Crippen LogP contribution in [-0.4, -0.2) is 39.2 Å². The van der Waals surface area contributed by atoms with Crippen molar-refractivity contribution in [2.45, 2.75) is 50.4 Å². The molecule has 0 unspecified atom stereocenters. The summed E-state index contributed by atoms with van der Waals surface area (Å²) in [7, 11) is 0. The Balaban J connectivity index is 1.45. The van der Waals surface area contributed by atoms with E-state index in [9.17, 15) is 4.79 Å². The van der Waals surface area contributed by atoms with Crippen molar-refractivity contribution < 1.29 is 13.8 Å². The fourth-order valence-electron chi connectivity index (χ4n) is 4.52. The number of aryl methyl sites for hydroxylation is 1. The summed E-state index contributed by atoms with van der Waals surface area (Å²) < 4.78 is 10.6. The Labute approximate surface area is 139 Å². The Kier molecular flexibility index (Phi) is 2.90. The maximum absolute atomic E-state index is 13.0. The Morgan fingerprint density at radius 3 is 2.96 bits per heavy atom. The predicted octanol–water partition coefficient (Wildman–Crippen LogP) is 2.44. The van der Waals surface area contributed by atoms with E-state index in [1.165, 1.54) is 6.26 Å². The molecule has 3 aliphatic rings. The number of nitrogens with zero attached hydrogens (tertiary/aromatic N) is 4. The summed E-state index contributed by atoms with van der Waals surface area (Å²) in [5.41, 5.74) is 1.29. The lowest BCUT2D eigenvalue weighted by Gasteiger charge is -2.24. The van der Waals surface area contributed by atoms with E-state index in [1.807, 2.05) is 11.8 Å². The SMILES string of the molecule is Cc1noc([C@]23CCC[C@H]2CN(C(=O)c2conc2C2CC2)C3)n1. The minimum absolute atomic E-state index is 0.0307. The number of carbonyl (C=O) groups is 1. The standard InChI is InChI=1S/C17H20N4O3/c1-10-18-16(24-19-10)17-6-2-3-12(17)7-21(9-17)15(22)13-8-23-20-14(13)11-4-5-11/h8,11-12H,2-7,9H2,1H3/t12-,17-/m0/s1. The van der Waals surface area contributed by atoms with Gasteiger partial charge in [0.05, 0.1) is 11.1 Å². The molecule has 2 aromatic heterocycles. The summed E-state index contributed by atoms with van der Waals surface area (Å²) in [6.45, 7) is 3.23. The van der Waals surface area contributed by atoms with Gasteiger partial charge in [-0.25, -0.2) is 0 Å². The number of hydrogen-bond donors (Lipinski definition) is 0. The van der Waals surface area contributed by atoms with Gasteiger partial charge >= 0.3 is 0 Å². The van der Waals surface area contributed by atoms with E-state index in [1.54, 1.807) is 0 Å². The number of fused-ring (bicyclic) bond motifs is 1. The van der Waals surface area contributed by atoms with Gasteiger partial charge in [-0.05, 0) is 38.5 Å². The maximum atomic E-state index is 13.0. The predicted molar refractivity (Wildman–Crippen MR) is 82.4 cm³/mol. The molecule has 3 fully saturated rings. The van der Waals surface area contributed by atoms with Crippen molar-refractivity contribution in [3.05, 3.63) is 29.2 Å². The van der Waals surface area contributed by atoms with E-state index >= 15 is 0 Å². The van der Waals surface area contributed by atoms with Gasteiger partial charge in [0, 0.05) is 19.0 Å². The van der Waals surface area contributed by atoms with Crippen molar-refractivity contribution in [1.29, 1.82) is 0 Å². The van der Waals surface area contributed by atoms with E-state index in [-0.39, 0.29) is 11.3 Å². The molecule has 2 aliphatic carbocycles. The molecule has 0 radical (unpaired) electrons. The normalized spacial score (nSPS) is 29.2. The molecule has 2 aromatic rings. The molecule has 126 valence electrons. The monoisotopic (exact) mass is 328 g/mol. The van der Waals surface area contributed by atoms with Gasteiger partial charge in [-0.2, -0.15) is 4.98 Å². The molecule has 0 aromatic carbocycles. The second-order valence-corrected chi connectivity index (χ2v) is 7.47.